The van der Waals surface area contributed by atoms with Crippen LogP contribution in [0.3, 0.4) is 0 Å². The highest BCUT2D eigenvalue weighted by Gasteiger charge is 2.39. The molecule has 1 aliphatic heterocycles. The van der Waals surface area contributed by atoms with Crippen LogP contribution in [0.2, 0.25) is 0 Å². The van der Waals surface area contributed by atoms with Gasteiger partial charge in [-0.15, -0.1) is 0 Å². The molecule has 0 spiro atoms. The molecule has 0 saturated heterocycles. The third-order valence-electron chi connectivity index (χ3n) is 7.30. The molecule has 3 rings (SSSR count). The number of benzene rings is 1. The van der Waals surface area contributed by atoms with Crippen LogP contribution >= 0.6 is 0 Å². The van der Waals surface area contributed by atoms with Crippen LogP contribution in [0.5, 0.6) is 0 Å². The van der Waals surface area contributed by atoms with Crippen molar-refractivity contribution in [1.82, 2.24) is 9.88 Å². The fraction of sp³-hybridized carbons (Fsp3) is 0.414. The minimum Gasteiger partial charge on any atom is -0.381 e. The number of aromatic nitrogens is 1. The second kappa shape index (κ2) is 9.94. The molecule has 1 unspecified atom stereocenters. The maximum Gasteiger partial charge on any atom is 0.198 e. The molecule has 1 aromatic heterocycles. The Kier molecular flexibility index (Phi) is 7.46. The topological polar surface area (TPSA) is 34.0 Å². The molecule has 0 radical (unpaired) electrons. The Bertz CT molecular complexity index is 1140. The molecule has 0 amide bonds. The molecule has 176 valence electrons. The number of fused-ring (bicyclic) bond motifs is 1. The number of rotatable bonds is 9. The predicted molar refractivity (Wildman–Crippen MR) is 138 cm³/mol. The average molecular weight is 449 g/mol. The lowest BCUT2D eigenvalue weighted by molar-refractivity contribution is 0.219. The highest BCUT2D eigenvalue weighted by atomic mass is 19.1. The van der Waals surface area contributed by atoms with Gasteiger partial charge >= 0.3 is 0 Å². The van der Waals surface area contributed by atoms with E-state index in [0.29, 0.717) is 29.3 Å². The van der Waals surface area contributed by atoms with Crippen molar-refractivity contribution < 1.29 is 4.39 Å². The molecular formula is C29H37FN2O. The molecule has 33 heavy (non-hydrogen) atoms. The van der Waals surface area contributed by atoms with Gasteiger partial charge in [0.1, 0.15) is 5.82 Å². The molecule has 0 aliphatic carbocycles. The first kappa shape index (κ1) is 24.8. The number of halogens is 1. The first-order valence-corrected chi connectivity index (χ1v) is 11.9. The minimum atomic E-state index is -0.254. The van der Waals surface area contributed by atoms with E-state index in [1.165, 1.54) is 31.4 Å². The third-order valence-corrected chi connectivity index (χ3v) is 7.30. The zero-order chi connectivity index (χ0) is 24.3. The molecule has 1 aromatic carbocycles. The van der Waals surface area contributed by atoms with Crippen LogP contribution in [0.1, 0.15) is 74.4 Å². The van der Waals surface area contributed by atoms with Gasteiger partial charge in [0.15, 0.2) is 5.43 Å². The first-order valence-electron chi connectivity index (χ1n) is 11.9. The van der Waals surface area contributed by atoms with Gasteiger partial charge in [-0.1, -0.05) is 71.9 Å². The van der Waals surface area contributed by atoms with Crippen LogP contribution in [0, 0.1) is 24.1 Å². The molecule has 1 aliphatic rings. The summed E-state index contributed by atoms with van der Waals surface area (Å²) in [6, 6.07) is 4.71. The predicted octanol–water partition coefficient (Wildman–Crippen LogP) is 6.95. The van der Waals surface area contributed by atoms with Gasteiger partial charge in [-0.25, -0.2) is 4.39 Å². The third kappa shape index (κ3) is 4.90. The average Bonchev–Trinajstić information content (AvgIpc) is 2.76. The normalized spacial score (nSPS) is 16.9. The highest BCUT2D eigenvalue weighted by Crippen LogP contribution is 2.47. The summed E-state index contributed by atoms with van der Waals surface area (Å²) in [5.74, 6) is 0.190. The molecule has 4 heteroatoms. The number of hydrogen-bond acceptors (Lipinski definition) is 2. The number of allylic oxidation sites excluding steroid dienone is 1. The highest BCUT2D eigenvalue weighted by molar-refractivity contribution is 5.77. The van der Waals surface area contributed by atoms with E-state index in [1.807, 2.05) is 13.1 Å². The lowest BCUT2D eigenvalue weighted by atomic mass is 9.67. The van der Waals surface area contributed by atoms with Gasteiger partial charge in [0.25, 0.3) is 0 Å². The largest absolute Gasteiger partial charge is 0.381 e. The summed E-state index contributed by atoms with van der Waals surface area (Å²) in [4.78, 5) is 13.4. The van der Waals surface area contributed by atoms with Gasteiger partial charge < -0.3 is 9.88 Å². The molecule has 0 fully saturated rings. The number of nitrogens with zero attached hydrogens (tertiary/aromatic N) is 1. The van der Waals surface area contributed by atoms with Gasteiger partial charge in [-0.3, -0.25) is 4.79 Å². The number of pyridine rings is 1. The number of aryl methyl sites for hydroxylation is 1. The van der Waals surface area contributed by atoms with Crippen molar-refractivity contribution in [3.8, 4) is 0 Å². The summed E-state index contributed by atoms with van der Waals surface area (Å²) < 4.78 is 15.6. The Morgan fingerprint density at radius 1 is 1.33 bits per heavy atom. The van der Waals surface area contributed by atoms with Gasteiger partial charge in [0.2, 0.25) is 0 Å². The molecule has 1 atom stereocenters. The van der Waals surface area contributed by atoms with Crippen molar-refractivity contribution in [2.45, 2.75) is 66.5 Å². The van der Waals surface area contributed by atoms with E-state index in [-0.39, 0.29) is 16.7 Å². The molecule has 3 nitrogen and oxygen atoms in total. The van der Waals surface area contributed by atoms with E-state index < -0.39 is 0 Å². The SMILES string of the molecule is C=Cc1c2n(cc(C(=C)NCc3ccc(F)cc3C)c1=O)CC(CCCCC)C(C)(C)C2=C. The number of hydrogen-bond donors (Lipinski definition) is 1. The van der Waals surface area contributed by atoms with Gasteiger partial charge in [0.05, 0.1) is 11.3 Å². The fourth-order valence-electron chi connectivity index (χ4n) is 4.84. The number of unbranched alkanes of at least 4 members (excludes halogenated alkanes) is 2. The summed E-state index contributed by atoms with van der Waals surface area (Å²) >= 11 is 0. The summed E-state index contributed by atoms with van der Waals surface area (Å²) in [6.07, 6.45) is 8.31. The Morgan fingerprint density at radius 2 is 2.06 bits per heavy atom. The molecular weight excluding hydrogens is 411 g/mol. The van der Waals surface area contributed by atoms with E-state index >= 15 is 0 Å². The van der Waals surface area contributed by atoms with Crippen LogP contribution < -0.4 is 10.7 Å². The van der Waals surface area contributed by atoms with Gasteiger partial charge in [-0.05, 0) is 53.5 Å². The minimum absolute atomic E-state index is 0.0885. The van der Waals surface area contributed by atoms with E-state index in [9.17, 15) is 9.18 Å². The maximum absolute atomic E-state index is 13.4. The van der Waals surface area contributed by atoms with Crippen molar-refractivity contribution >= 4 is 17.3 Å². The van der Waals surface area contributed by atoms with Crippen LogP contribution in [0.4, 0.5) is 4.39 Å². The van der Waals surface area contributed by atoms with Gasteiger partial charge in [0, 0.05) is 30.5 Å². The molecule has 2 heterocycles. The Labute approximate surface area is 197 Å². The van der Waals surface area contributed by atoms with E-state index in [1.54, 1.807) is 12.1 Å². The van der Waals surface area contributed by atoms with Crippen LogP contribution in [-0.2, 0) is 13.1 Å². The summed E-state index contributed by atoms with van der Waals surface area (Å²) in [5.41, 5.74) is 5.20. The summed E-state index contributed by atoms with van der Waals surface area (Å²) in [5, 5.41) is 3.27. The molecule has 0 bridgehead atoms. The second-order valence-corrected chi connectivity index (χ2v) is 9.79. The Morgan fingerprint density at radius 3 is 2.70 bits per heavy atom. The maximum atomic E-state index is 13.4. The van der Waals surface area contributed by atoms with Crippen molar-refractivity contribution in [1.29, 1.82) is 0 Å². The zero-order valence-electron chi connectivity index (χ0n) is 20.6. The lowest BCUT2D eigenvalue weighted by Gasteiger charge is -2.43. The van der Waals surface area contributed by atoms with E-state index in [4.69, 9.17) is 0 Å². The fourth-order valence-corrected chi connectivity index (χ4v) is 4.84. The van der Waals surface area contributed by atoms with Crippen molar-refractivity contribution in [3.63, 3.8) is 0 Å². The number of nitrogens with one attached hydrogen (secondary N) is 1. The van der Waals surface area contributed by atoms with E-state index in [0.717, 1.165) is 35.4 Å². The van der Waals surface area contributed by atoms with Crippen LogP contribution in [-0.4, -0.2) is 4.57 Å². The molecule has 1 N–H and O–H groups in total. The first-order chi connectivity index (χ1) is 15.6. The summed E-state index contributed by atoms with van der Waals surface area (Å²) in [7, 11) is 0. The zero-order valence-corrected chi connectivity index (χ0v) is 20.6. The quantitative estimate of drug-likeness (QED) is 0.421. The van der Waals surface area contributed by atoms with Crippen molar-refractivity contribution in [2.75, 3.05) is 0 Å². The Balaban J connectivity index is 1.94. The van der Waals surface area contributed by atoms with Crippen LogP contribution in [0.25, 0.3) is 17.3 Å². The standard InChI is InChI=1S/C29H37FN2O/c1-8-10-11-12-23-17-32-18-26(21(5)31-16-22-13-14-24(30)15-19(22)3)28(33)25(9-2)27(32)20(4)29(23,6)7/h9,13-15,18,23,31H,2,4-5,8,10-12,16-17H2,1,3,6-7H3. The van der Waals surface area contributed by atoms with E-state index in [2.05, 4.69) is 50.4 Å². The molecule has 0 saturated carbocycles. The van der Waals surface area contributed by atoms with Crippen LogP contribution in [0.15, 0.2) is 48.9 Å². The second-order valence-electron chi connectivity index (χ2n) is 9.79. The van der Waals surface area contributed by atoms with Crippen molar-refractivity contribution in [3.05, 3.63) is 88.1 Å². The van der Waals surface area contributed by atoms with Crippen molar-refractivity contribution in [2.24, 2.45) is 11.3 Å². The smallest absolute Gasteiger partial charge is 0.198 e. The monoisotopic (exact) mass is 448 g/mol. The summed E-state index contributed by atoms with van der Waals surface area (Å²) in [6.45, 7) is 22.4. The Hall–Kier alpha value is -2.88. The molecule has 2 aromatic rings. The lowest BCUT2D eigenvalue weighted by Crippen LogP contribution is -2.38. The van der Waals surface area contributed by atoms with Gasteiger partial charge in [-0.2, -0.15) is 0 Å².